The number of carbonyl (C=O) groups is 1. The van der Waals surface area contributed by atoms with Gasteiger partial charge in [0.25, 0.3) is 0 Å². The number of nitrogens with one attached hydrogen (secondary N) is 1. The molecule has 0 radical (unpaired) electrons. The Labute approximate surface area is 129 Å². The van der Waals surface area contributed by atoms with Gasteiger partial charge in [-0.3, -0.25) is 10.1 Å². The standard InChI is InChI=1S/C17H32N2O2/c1-5-7-8-14-17(20)19(16(18-14)12(3)4)11-13-9-10-21-15(13)6-2/h12-16,18H,5-11H2,1-4H3. The molecule has 1 N–H and O–H groups in total. The summed E-state index contributed by atoms with van der Waals surface area (Å²) in [6.07, 6.45) is 5.89. The summed E-state index contributed by atoms with van der Waals surface area (Å²) in [6, 6.07) is 0.0275. The van der Waals surface area contributed by atoms with E-state index in [0.29, 0.717) is 23.8 Å². The first-order valence-corrected chi connectivity index (χ1v) is 8.76. The topological polar surface area (TPSA) is 41.6 Å². The lowest BCUT2D eigenvalue weighted by molar-refractivity contribution is -0.131. The molecule has 4 unspecified atom stereocenters. The highest BCUT2D eigenvalue weighted by Crippen LogP contribution is 2.28. The Morgan fingerprint density at radius 2 is 2.14 bits per heavy atom. The van der Waals surface area contributed by atoms with Crippen LogP contribution in [0.3, 0.4) is 0 Å². The van der Waals surface area contributed by atoms with Crippen molar-refractivity contribution in [2.75, 3.05) is 13.2 Å². The maximum Gasteiger partial charge on any atom is 0.241 e. The van der Waals surface area contributed by atoms with E-state index in [0.717, 1.165) is 45.3 Å². The van der Waals surface area contributed by atoms with Gasteiger partial charge in [-0.1, -0.05) is 40.5 Å². The Morgan fingerprint density at radius 1 is 1.38 bits per heavy atom. The van der Waals surface area contributed by atoms with E-state index in [2.05, 4.69) is 37.9 Å². The highest BCUT2D eigenvalue weighted by Gasteiger charge is 2.42. The number of ether oxygens (including phenoxy) is 1. The van der Waals surface area contributed by atoms with Gasteiger partial charge < -0.3 is 9.64 Å². The Hall–Kier alpha value is -0.610. The van der Waals surface area contributed by atoms with Crippen LogP contribution < -0.4 is 5.32 Å². The molecule has 4 heteroatoms. The summed E-state index contributed by atoms with van der Waals surface area (Å²) in [5, 5.41) is 3.57. The zero-order chi connectivity index (χ0) is 15.4. The molecule has 2 heterocycles. The Morgan fingerprint density at radius 3 is 2.76 bits per heavy atom. The minimum Gasteiger partial charge on any atom is -0.378 e. The third kappa shape index (κ3) is 3.78. The van der Waals surface area contributed by atoms with E-state index in [1.54, 1.807) is 0 Å². The molecule has 122 valence electrons. The lowest BCUT2D eigenvalue weighted by Gasteiger charge is -2.30. The minimum atomic E-state index is 0.0275. The minimum absolute atomic E-state index is 0.0275. The van der Waals surface area contributed by atoms with Gasteiger partial charge in [-0.15, -0.1) is 0 Å². The van der Waals surface area contributed by atoms with Gasteiger partial charge in [0.2, 0.25) is 5.91 Å². The first kappa shape index (κ1) is 16.8. The van der Waals surface area contributed by atoms with Crippen LogP contribution in [-0.2, 0) is 9.53 Å². The first-order chi connectivity index (χ1) is 10.1. The predicted octanol–water partition coefficient (Wildman–Crippen LogP) is 2.77. The lowest BCUT2D eigenvalue weighted by Crippen LogP contribution is -2.44. The van der Waals surface area contributed by atoms with Gasteiger partial charge in [-0.2, -0.15) is 0 Å². The van der Waals surface area contributed by atoms with Crippen molar-refractivity contribution in [3.05, 3.63) is 0 Å². The van der Waals surface area contributed by atoms with Crippen LogP contribution in [0.1, 0.15) is 59.8 Å². The van der Waals surface area contributed by atoms with Gasteiger partial charge in [0.1, 0.15) is 0 Å². The Bertz CT molecular complexity index is 346. The third-order valence-electron chi connectivity index (χ3n) is 4.95. The SMILES string of the molecule is CCCCC1NC(C(C)C)N(CC2CCOC2CC)C1=O. The second-order valence-electron chi connectivity index (χ2n) is 6.91. The van der Waals surface area contributed by atoms with Gasteiger partial charge >= 0.3 is 0 Å². The molecule has 1 amide bonds. The average Bonchev–Trinajstić information content (AvgIpc) is 3.03. The summed E-state index contributed by atoms with van der Waals surface area (Å²) in [6.45, 7) is 10.5. The Kier molecular flexibility index (Phi) is 6.06. The quantitative estimate of drug-likeness (QED) is 0.785. The molecule has 2 aliphatic heterocycles. The number of amides is 1. The van der Waals surface area contributed by atoms with Gasteiger partial charge in [0.05, 0.1) is 18.3 Å². The van der Waals surface area contributed by atoms with Crippen molar-refractivity contribution in [1.29, 1.82) is 0 Å². The van der Waals surface area contributed by atoms with Crippen molar-refractivity contribution in [2.24, 2.45) is 11.8 Å². The zero-order valence-electron chi connectivity index (χ0n) is 14.1. The molecular formula is C17H32N2O2. The van der Waals surface area contributed by atoms with E-state index >= 15 is 0 Å². The van der Waals surface area contributed by atoms with Crippen LogP contribution in [0.15, 0.2) is 0 Å². The Balaban J connectivity index is 2.02. The molecule has 2 rings (SSSR count). The highest BCUT2D eigenvalue weighted by atomic mass is 16.5. The average molecular weight is 296 g/mol. The van der Waals surface area contributed by atoms with E-state index in [9.17, 15) is 4.79 Å². The molecule has 21 heavy (non-hydrogen) atoms. The summed E-state index contributed by atoms with van der Waals surface area (Å²) in [5.74, 6) is 1.26. The van der Waals surface area contributed by atoms with Crippen LogP contribution in [-0.4, -0.2) is 42.3 Å². The van der Waals surface area contributed by atoms with Crippen molar-refractivity contribution in [3.63, 3.8) is 0 Å². The van der Waals surface area contributed by atoms with E-state index in [1.807, 2.05) is 0 Å². The smallest absolute Gasteiger partial charge is 0.241 e. The van der Waals surface area contributed by atoms with Crippen molar-refractivity contribution in [1.82, 2.24) is 10.2 Å². The fourth-order valence-corrected chi connectivity index (χ4v) is 3.68. The molecule has 0 aromatic carbocycles. The number of hydrogen-bond acceptors (Lipinski definition) is 3. The van der Waals surface area contributed by atoms with Gasteiger partial charge in [-0.05, 0) is 25.2 Å². The molecule has 0 aliphatic carbocycles. The highest BCUT2D eigenvalue weighted by molar-refractivity contribution is 5.84. The molecule has 2 fully saturated rings. The van der Waals surface area contributed by atoms with Crippen LogP contribution in [0.5, 0.6) is 0 Å². The van der Waals surface area contributed by atoms with E-state index in [-0.39, 0.29) is 12.2 Å². The molecule has 2 saturated heterocycles. The summed E-state index contributed by atoms with van der Waals surface area (Å²) in [4.78, 5) is 14.8. The predicted molar refractivity (Wildman–Crippen MR) is 84.9 cm³/mol. The molecule has 0 bridgehead atoms. The third-order valence-corrected chi connectivity index (χ3v) is 4.95. The lowest BCUT2D eigenvalue weighted by atomic mass is 9.98. The van der Waals surface area contributed by atoms with Crippen molar-refractivity contribution >= 4 is 5.91 Å². The van der Waals surface area contributed by atoms with Gasteiger partial charge in [-0.25, -0.2) is 0 Å². The summed E-state index contributed by atoms with van der Waals surface area (Å²) < 4.78 is 5.79. The van der Waals surface area contributed by atoms with Crippen LogP contribution in [0.2, 0.25) is 0 Å². The van der Waals surface area contributed by atoms with E-state index < -0.39 is 0 Å². The molecule has 0 spiro atoms. The second kappa shape index (κ2) is 7.59. The summed E-state index contributed by atoms with van der Waals surface area (Å²) in [5.41, 5.74) is 0. The molecule has 2 aliphatic rings. The number of nitrogens with zero attached hydrogens (tertiary/aromatic N) is 1. The van der Waals surface area contributed by atoms with Crippen molar-refractivity contribution in [2.45, 2.75) is 78.1 Å². The monoisotopic (exact) mass is 296 g/mol. The van der Waals surface area contributed by atoms with Crippen LogP contribution in [0.4, 0.5) is 0 Å². The largest absolute Gasteiger partial charge is 0.378 e. The zero-order valence-corrected chi connectivity index (χ0v) is 14.1. The summed E-state index contributed by atoms with van der Waals surface area (Å²) >= 11 is 0. The first-order valence-electron chi connectivity index (χ1n) is 8.76. The fourth-order valence-electron chi connectivity index (χ4n) is 3.68. The van der Waals surface area contributed by atoms with Crippen molar-refractivity contribution < 1.29 is 9.53 Å². The van der Waals surface area contributed by atoms with Gasteiger partial charge in [0, 0.05) is 19.1 Å². The number of hydrogen-bond donors (Lipinski definition) is 1. The molecule has 0 saturated carbocycles. The van der Waals surface area contributed by atoms with Crippen LogP contribution in [0.25, 0.3) is 0 Å². The van der Waals surface area contributed by atoms with E-state index in [4.69, 9.17) is 4.74 Å². The van der Waals surface area contributed by atoms with Gasteiger partial charge in [0.15, 0.2) is 0 Å². The van der Waals surface area contributed by atoms with Crippen LogP contribution >= 0.6 is 0 Å². The fraction of sp³-hybridized carbons (Fsp3) is 0.941. The van der Waals surface area contributed by atoms with Crippen molar-refractivity contribution in [3.8, 4) is 0 Å². The summed E-state index contributed by atoms with van der Waals surface area (Å²) in [7, 11) is 0. The normalized spacial score (nSPS) is 33.4. The molecule has 0 aromatic heterocycles. The maximum absolute atomic E-state index is 12.7. The second-order valence-corrected chi connectivity index (χ2v) is 6.91. The number of rotatable bonds is 7. The molecular weight excluding hydrogens is 264 g/mol. The van der Waals surface area contributed by atoms with E-state index in [1.165, 1.54) is 0 Å². The molecule has 4 atom stereocenters. The molecule has 0 aromatic rings. The number of carbonyl (C=O) groups excluding carboxylic acids is 1. The van der Waals surface area contributed by atoms with Crippen LogP contribution in [0, 0.1) is 11.8 Å². The number of unbranched alkanes of at least 4 members (excludes halogenated alkanes) is 1. The maximum atomic E-state index is 12.7. The molecule has 4 nitrogen and oxygen atoms in total.